The first-order valence-electron chi connectivity index (χ1n) is 8.40. The summed E-state index contributed by atoms with van der Waals surface area (Å²) in [6, 6.07) is 11.4. The molecule has 0 unspecified atom stereocenters. The minimum absolute atomic E-state index is 0.0363. The summed E-state index contributed by atoms with van der Waals surface area (Å²) in [5.41, 5.74) is 2.08. The number of thioether (sulfide) groups is 1. The molecule has 2 aromatic carbocycles. The van der Waals surface area contributed by atoms with Gasteiger partial charge in [0.25, 0.3) is 17.1 Å². The predicted octanol–water partition coefficient (Wildman–Crippen LogP) is 4.36. The van der Waals surface area contributed by atoms with E-state index < -0.39 is 17.6 Å². The van der Waals surface area contributed by atoms with Gasteiger partial charge in [0.05, 0.1) is 10.5 Å². The number of carbonyl (C=O) groups excluding carboxylic acids is 3. The summed E-state index contributed by atoms with van der Waals surface area (Å²) >= 11 is 4.06. The Labute approximate surface area is 174 Å². The Morgan fingerprint density at radius 1 is 1.21 bits per heavy atom. The molecule has 1 aliphatic rings. The van der Waals surface area contributed by atoms with Crippen LogP contribution in [0.5, 0.6) is 0 Å². The number of nitrogens with zero attached hydrogens (tertiary/aromatic N) is 1. The van der Waals surface area contributed by atoms with Crippen molar-refractivity contribution in [3.63, 3.8) is 0 Å². The zero-order valence-electron chi connectivity index (χ0n) is 14.9. The van der Waals surface area contributed by atoms with Crippen molar-refractivity contribution >= 4 is 50.8 Å². The summed E-state index contributed by atoms with van der Waals surface area (Å²) < 4.78 is 13.8. The fraction of sp³-hybridized carbons (Fsp3) is 0.150. The van der Waals surface area contributed by atoms with E-state index in [4.69, 9.17) is 0 Å². The van der Waals surface area contributed by atoms with Crippen LogP contribution in [0.1, 0.15) is 21.5 Å². The highest BCUT2D eigenvalue weighted by molar-refractivity contribution is 9.10. The van der Waals surface area contributed by atoms with E-state index in [1.807, 2.05) is 31.2 Å². The fourth-order valence-electron chi connectivity index (χ4n) is 2.55. The average molecular weight is 463 g/mol. The van der Waals surface area contributed by atoms with Gasteiger partial charge in [-0.25, -0.2) is 4.39 Å². The number of hydrogen-bond donors (Lipinski definition) is 1. The van der Waals surface area contributed by atoms with Gasteiger partial charge in [-0.15, -0.1) is 0 Å². The van der Waals surface area contributed by atoms with E-state index in [9.17, 15) is 18.8 Å². The maximum absolute atomic E-state index is 13.3. The first kappa shape index (κ1) is 20.3. The Hall–Kier alpha value is -2.45. The Bertz CT molecular complexity index is 976. The third-order valence-electron chi connectivity index (χ3n) is 4.04. The van der Waals surface area contributed by atoms with Gasteiger partial charge in [0.1, 0.15) is 5.82 Å². The van der Waals surface area contributed by atoms with E-state index in [2.05, 4.69) is 21.2 Å². The van der Waals surface area contributed by atoms with Crippen LogP contribution in [-0.2, 0) is 4.79 Å². The van der Waals surface area contributed by atoms with E-state index in [-0.39, 0.29) is 23.9 Å². The largest absolute Gasteiger partial charge is 0.350 e. The van der Waals surface area contributed by atoms with Crippen LogP contribution in [0.2, 0.25) is 0 Å². The maximum Gasteiger partial charge on any atom is 0.293 e. The van der Waals surface area contributed by atoms with Crippen LogP contribution in [0.25, 0.3) is 6.08 Å². The molecule has 0 bridgehead atoms. The number of hydrogen-bond acceptors (Lipinski definition) is 4. The number of amides is 3. The molecular formula is C20H16BrFN2O3S. The van der Waals surface area contributed by atoms with Crippen molar-refractivity contribution in [2.75, 3.05) is 13.1 Å². The molecule has 0 aromatic heterocycles. The zero-order valence-corrected chi connectivity index (χ0v) is 17.3. The van der Waals surface area contributed by atoms with E-state index in [0.717, 1.165) is 33.9 Å². The van der Waals surface area contributed by atoms with Crippen LogP contribution in [0.4, 0.5) is 9.18 Å². The maximum atomic E-state index is 13.3. The topological polar surface area (TPSA) is 66.5 Å². The van der Waals surface area contributed by atoms with Gasteiger partial charge in [0.2, 0.25) is 0 Å². The average Bonchev–Trinajstić information content (AvgIpc) is 2.92. The van der Waals surface area contributed by atoms with Crippen molar-refractivity contribution in [1.29, 1.82) is 0 Å². The third kappa shape index (κ3) is 4.69. The van der Waals surface area contributed by atoms with E-state index >= 15 is 0 Å². The summed E-state index contributed by atoms with van der Waals surface area (Å²) in [4.78, 5) is 38.2. The molecule has 8 heteroatoms. The molecule has 0 atom stereocenters. The van der Waals surface area contributed by atoms with Crippen molar-refractivity contribution in [3.8, 4) is 0 Å². The molecule has 28 heavy (non-hydrogen) atoms. The van der Waals surface area contributed by atoms with Gasteiger partial charge < -0.3 is 5.32 Å². The molecular weight excluding hydrogens is 447 g/mol. The minimum Gasteiger partial charge on any atom is -0.350 e. The summed E-state index contributed by atoms with van der Waals surface area (Å²) in [7, 11) is 0. The van der Waals surface area contributed by atoms with Crippen molar-refractivity contribution in [1.82, 2.24) is 10.2 Å². The van der Waals surface area contributed by atoms with Gasteiger partial charge >= 0.3 is 0 Å². The predicted molar refractivity (Wildman–Crippen MR) is 110 cm³/mol. The van der Waals surface area contributed by atoms with Gasteiger partial charge in [-0.05, 0) is 64.5 Å². The van der Waals surface area contributed by atoms with Gasteiger partial charge in [-0.1, -0.05) is 29.8 Å². The summed E-state index contributed by atoms with van der Waals surface area (Å²) in [5, 5.41) is 2.21. The zero-order chi connectivity index (χ0) is 20.3. The number of carbonyl (C=O) groups is 3. The molecule has 0 radical (unpaired) electrons. The minimum atomic E-state index is -0.527. The lowest BCUT2D eigenvalue weighted by Crippen LogP contribution is -2.37. The summed E-state index contributed by atoms with van der Waals surface area (Å²) in [6.07, 6.45) is 1.67. The number of rotatable bonds is 5. The molecule has 1 N–H and O–H groups in total. The first-order valence-corrected chi connectivity index (χ1v) is 10.0. The summed E-state index contributed by atoms with van der Waals surface area (Å²) in [6.45, 7) is 2.07. The number of halogens is 2. The second-order valence-corrected chi connectivity index (χ2v) is 7.97. The SMILES string of the molecule is Cc1ccc(/C=C2\SC(=O)N(CCNC(=O)c3cc(F)ccc3Br)C2=O)cc1. The van der Waals surface area contributed by atoms with Crippen molar-refractivity contribution in [2.24, 2.45) is 0 Å². The second kappa shape index (κ2) is 8.70. The van der Waals surface area contributed by atoms with E-state index in [1.165, 1.54) is 12.1 Å². The highest BCUT2D eigenvalue weighted by Crippen LogP contribution is 2.31. The quantitative estimate of drug-likeness (QED) is 0.670. The molecule has 5 nitrogen and oxygen atoms in total. The highest BCUT2D eigenvalue weighted by atomic mass is 79.9. The van der Waals surface area contributed by atoms with Crippen LogP contribution >= 0.6 is 27.7 Å². The van der Waals surface area contributed by atoms with E-state index in [0.29, 0.717) is 9.38 Å². The lowest BCUT2D eigenvalue weighted by atomic mass is 10.1. The molecule has 1 fully saturated rings. The Morgan fingerprint density at radius 3 is 2.64 bits per heavy atom. The van der Waals surface area contributed by atoms with Crippen molar-refractivity contribution in [2.45, 2.75) is 6.92 Å². The molecule has 2 aromatic rings. The Morgan fingerprint density at radius 2 is 1.93 bits per heavy atom. The second-order valence-electron chi connectivity index (χ2n) is 6.12. The number of imide groups is 1. The number of nitrogens with one attached hydrogen (secondary N) is 1. The van der Waals surface area contributed by atoms with Gasteiger partial charge in [-0.2, -0.15) is 0 Å². The Balaban J connectivity index is 1.61. The van der Waals surface area contributed by atoms with Crippen molar-refractivity contribution in [3.05, 3.63) is 74.4 Å². The summed E-state index contributed by atoms with van der Waals surface area (Å²) in [5.74, 6) is -1.41. The van der Waals surface area contributed by atoms with Crippen molar-refractivity contribution < 1.29 is 18.8 Å². The van der Waals surface area contributed by atoms with Crippen LogP contribution in [-0.4, -0.2) is 35.0 Å². The molecule has 0 saturated carbocycles. The first-order chi connectivity index (χ1) is 13.3. The van der Waals surface area contributed by atoms with Crippen LogP contribution in [0, 0.1) is 12.7 Å². The normalized spacial score (nSPS) is 15.4. The van der Waals surface area contributed by atoms with E-state index in [1.54, 1.807) is 6.08 Å². The molecule has 3 rings (SSSR count). The Kier molecular flexibility index (Phi) is 6.31. The smallest absolute Gasteiger partial charge is 0.293 e. The van der Waals surface area contributed by atoms with Crippen LogP contribution < -0.4 is 5.32 Å². The number of benzene rings is 2. The highest BCUT2D eigenvalue weighted by Gasteiger charge is 2.34. The standard InChI is InChI=1S/C20H16BrFN2O3S/c1-12-2-4-13(5-3-12)10-17-19(26)24(20(27)28-17)9-8-23-18(25)15-11-14(22)6-7-16(15)21/h2-7,10-11H,8-9H2,1H3,(H,23,25)/b17-10-. The molecule has 1 aliphatic heterocycles. The molecule has 1 saturated heterocycles. The molecule has 0 aliphatic carbocycles. The monoisotopic (exact) mass is 462 g/mol. The number of aryl methyl sites for hydroxylation is 1. The third-order valence-corrected chi connectivity index (χ3v) is 5.64. The molecule has 3 amide bonds. The fourth-order valence-corrected chi connectivity index (χ4v) is 3.85. The van der Waals surface area contributed by atoms with Crippen LogP contribution in [0.3, 0.4) is 0 Å². The van der Waals surface area contributed by atoms with Gasteiger partial charge in [0.15, 0.2) is 0 Å². The van der Waals surface area contributed by atoms with Gasteiger partial charge in [0, 0.05) is 17.6 Å². The molecule has 0 spiro atoms. The lowest BCUT2D eigenvalue weighted by Gasteiger charge is -2.13. The lowest BCUT2D eigenvalue weighted by molar-refractivity contribution is -0.122. The van der Waals surface area contributed by atoms with Crippen LogP contribution in [0.15, 0.2) is 51.8 Å². The molecule has 1 heterocycles. The van der Waals surface area contributed by atoms with Gasteiger partial charge in [-0.3, -0.25) is 19.3 Å². The molecule has 144 valence electrons.